The molecule has 14 aromatic rings. The van der Waals surface area contributed by atoms with Crippen LogP contribution in [0.1, 0.15) is 161 Å². The molecule has 98 heavy (non-hydrogen) atoms. The van der Waals surface area contributed by atoms with Crippen LogP contribution in [0.15, 0.2) is 249 Å². The molecule has 4 nitrogen and oxygen atoms in total. The van der Waals surface area contributed by atoms with Crippen LogP contribution in [0.3, 0.4) is 0 Å². The molecule has 3 aliphatic rings. The van der Waals surface area contributed by atoms with E-state index in [-0.39, 0.29) is 56.8 Å². The van der Waals surface area contributed by atoms with Gasteiger partial charge in [-0.3, -0.25) is 0 Å². The van der Waals surface area contributed by atoms with E-state index in [4.69, 9.17) is 8.85 Å². The summed E-state index contributed by atoms with van der Waals surface area (Å²) in [5.41, 5.74) is 23.9. The molecule has 3 aliphatic heterocycles. The largest absolute Gasteiger partial charge is 0.457 e. The van der Waals surface area contributed by atoms with Crippen LogP contribution in [0.25, 0.3) is 77.2 Å². The lowest BCUT2D eigenvalue weighted by Gasteiger charge is -2.50. The highest BCUT2D eigenvalue weighted by molar-refractivity contribution is 6.99. The van der Waals surface area contributed by atoms with Crippen molar-refractivity contribution in [3.05, 3.63) is 299 Å². The zero-order chi connectivity index (χ0) is 72.3. The molecule has 17 rings (SSSR count). The molecule has 12 aromatic carbocycles. The molecule has 2 aromatic heterocycles. The smallest absolute Gasteiger partial charge is 0.247 e. The first kappa shape index (κ1) is 56.0. The quantitative estimate of drug-likeness (QED) is 0.160. The highest BCUT2D eigenvalue weighted by Crippen LogP contribution is 2.59. The third kappa shape index (κ3) is 9.38. The first-order valence-electron chi connectivity index (χ1n) is 37.4. The number of aromatic nitrogens is 2. The molecule has 0 atom stereocenters. The highest BCUT2D eigenvalue weighted by Gasteiger charge is 2.55. The molecule has 0 bridgehead atoms. The third-order valence-electron chi connectivity index (χ3n) is 21.7. The summed E-state index contributed by atoms with van der Waals surface area (Å²) in [7, 11) is 0. The van der Waals surface area contributed by atoms with Gasteiger partial charge in [0, 0.05) is 61.0 Å². The second kappa shape index (κ2) is 21.5. The Morgan fingerprint density at radius 3 is 1.30 bits per heavy atom. The summed E-state index contributed by atoms with van der Waals surface area (Å²) in [5.74, 6) is 1.41. The van der Waals surface area contributed by atoms with E-state index in [2.05, 4.69) is 318 Å². The minimum absolute atomic E-state index is 0.0935. The summed E-state index contributed by atoms with van der Waals surface area (Å²) in [5, 5.41) is 4.77. The van der Waals surface area contributed by atoms with Crippen LogP contribution < -0.4 is 26.0 Å². The highest BCUT2D eigenvalue weighted by atomic mass is 16.5. The number of fused-ring (bicyclic) bond motifs is 16. The number of para-hydroxylation sites is 2. The van der Waals surface area contributed by atoms with Crippen molar-refractivity contribution in [1.29, 1.82) is 0 Å². The number of ether oxygens (including phenoxy) is 1. The van der Waals surface area contributed by atoms with E-state index in [0.29, 0.717) is 17.1 Å². The maximum atomic E-state index is 9.63. The molecule has 0 amide bonds. The van der Waals surface area contributed by atoms with Crippen LogP contribution in [0.4, 0.5) is 17.1 Å². The molecule has 5 heterocycles. The van der Waals surface area contributed by atoms with E-state index in [1.165, 1.54) is 49.4 Å². The van der Waals surface area contributed by atoms with E-state index in [1.54, 1.807) is 0 Å². The van der Waals surface area contributed by atoms with Gasteiger partial charge in [0.05, 0.1) is 40.0 Å². The predicted molar refractivity (Wildman–Crippen MR) is 417 cm³/mol. The lowest BCUT2D eigenvalue weighted by Crippen LogP contribution is -2.65. The Morgan fingerprint density at radius 1 is 0.337 bits per heavy atom. The fourth-order valence-corrected chi connectivity index (χ4v) is 16.4. The fourth-order valence-electron chi connectivity index (χ4n) is 16.4. The first-order valence-corrected chi connectivity index (χ1v) is 34.9. The van der Waals surface area contributed by atoms with Crippen molar-refractivity contribution in [1.82, 2.24) is 9.13 Å². The maximum absolute atomic E-state index is 9.63. The third-order valence-corrected chi connectivity index (χ3v) is 21.7. The molecule has 0 aliphatic carbocycles. The number of hydrogen-bond acceptors (Lipinski definition) is 2. The molecular weight excluding hydrogens is 1190 g/mol. The van der Waals surface area contributed by atoms with Gasteiger partial charge in [-0.1, -0.05) is 261 Å². The summed E-state index contributed by atoms with van der Waals surface area (Å²) in [6, 6.07) is 80.1. The first-order chi connectivity index (χ1) is 48.8. The Labute approximate surface area is 586 Å². The molecule has 0 fully saturated rings. The van der Waals surface area contributed by atoms with Crippen LogP contribution >= 0.6 is 0 Å². The van der Waals surface area contributed by atoms with Crippen LogP contribution in [-0.4, -0.2) is 15.8 Å². The second-order valence-corrected chi connectivity index (χ2v) is 33.0. The fraction of sp³-hybridized carbons (Fsp3) is 0.226. The summed E-state index contributed by atoms with van der Waals surface area (Å²) >= 11 is 0. The number of anilines is 3. The van der Waals surface area contributed by atoms with Gasteiger partial charge in [-0.2, -0.15) is 0 Å². The van der Waals surface area contributed by atoms with Crippen molar-refractivity contribution in [2.24, 2.45) is 0 Å². The minimum atomic E-state index is -1.17. The average Bonchev–Trinajstić information content (AvgIpc) is 1.09. The molecule has 0 saturated carbocycles. The molecule has 1 spiro atoms. The minimum Gasteiger partial charge on any atom is -0.457 e. The van der Waals surface area contributed by atoms with E-state index < -0.39 is 18.2 Å². The Kier molecular flexibility index (Phi) is 12.3. The van der Waals surface area contributed by atoms with Crippen LogP contribution in [-0.2, 0) is 32.5 Å². The van der Waals surface area contributed by atoms with Gasteiger partial charge in [-0.05, 0) is 191 Å². The zero-order valence-electron chi connectivity index (χ0n) is 64.1. The zero-order valence-corrected chi connectivity index (χ0v) is 59.1. The maximum Gasteiger partial charge on any atom is 0.247 e. The van der Waals surface area contributed by atoms with Crippen LogP contribution in [0.5, 0.6) is 11.5 Å². The number of nitrogens with zero attached hydrogens (tertiary/aromatic N) is 3. The van der Waals surface area contributed by atoms with Crippen molar-refractivity contribution in [2.45, 2.75) is 136 Å². The molecule has 0 radical (unpaired) electrons. The molecule has 0 unspecified atom stereocenters. The molecule has 0 saturated heterocycles. The Bertz CT molecular complexity index is 5740. The van der Waals surface area contributed by atoms with E-state index in [0.717, 1.165) is 100 Å². The standard InChI is InChI=1S/C93H86BN3O/c1-88(2,3)60-35-43-78(67(49-60)58-28-20-17-21-29-58)97-83-55-65(95-79-44-36-61(89(4,5)6)50-68(79)69-51-62(90(7,8)9)37-45-80(69)95)40-42-77(83)94-76-41-34-59(57-26-18-16-19-27-57)48-74(76)93(72-30-22-24-32-85(72)98-86-33-25-23-31-73(86)93)75-54-66(56-84(97)87(75)94)96-81-46-38-63(91(10,11)12)52-70(81)71-53-64(92(13,14)15)39-47-82(71)96/h16-56H,1-15H3/i16D,18D,19D,26D,27D. The molecule has 482 valence electrons. The summed E-state index contributed by atoms with van der Waals surface area (Å²) < 4.78 is 58.5. The van der Waals surface area contributed by atoms with E-state index >= 15 is 0 Å². The summed E-state index contributed by atoms with van der Waals surface area (Å²) in [6.45, 7) is 34.0. The van der Waals surface area contributed by atoms with Crippen LogP contribution in [0, 0.1) is 0 Å². The Hall–Kier alpha value is -10.1. The Morgan fingerprint density at radius 2 is 0.786 bits per heavy atom. The van der Waals surface area contributed by atoms with E-state index in [1.807, 2.05) is 18.2 Å². The van der Waals surface area contributed by atoms with Gasteiger partial charge in [0.2, 0.25) is 6.71 Å². The van der Waals surface area contributed by atoms with Crippen molar-refractivity contribution >= 4 is 83.8 Å². The lowest BCUT2D eigenvalue weighted by atomic mass is 9.29. The van der Waals surface area contributed by atoms with Crippen molar-refractivity contribution in [2.75, 3.05) is 4.90 Å². The molecule has 0 N–H and O–H groups in total. The average molecular weight is 1280 g/mol. The normalized spacial score (nSPS) is 14.9. The molecular formula is C93H86BN3O. The topological polar surface area (TPSA) is 22.3 Å². The molecule has 5 heteroatoms. The van der Waals surface area contributed by atoms with Gasteiger partial charge >= 0.3 is 0 Å². The van der Waals surface area contributed by atoms with Gasteiger partial charge in [-0.25, -0.2) is 0 Å². The van der Waals surface area contributed by atoms with Crippen molar-refractivity contribution in [3.63, 3.8) is 0 Å². The lowest BCUT2D eigenvalue weighted by molar-refractivity contribution is 0.435. The van der Waals surface area contributed by atoms with E-state index in [9.17, 15) is 2.74 Å². The SMILES string of the molecule is [2H]c1c([2H])c([2H])c(-c2ccc3c(c2)C2(c4ccccc4Oc4ccccc42)c2cc(-n4c5ccc(C(C)(C)C)cc5c5cc(C(C)(C)C)ccc54)cc4c2B3c2ccc(-n3c5ccc(C(C)(C)C)cc5c5cc(C(C)(C)C)ccc53)cc2N4c2ccc(C(C)(C)C)cc2-c2ccccc2)c([2H])c1[2H]. The number of benzene rings is 12. The summed E-state index contributed by atoms with van der Waals surface area (Å²) in [4.78, 5) is 2.61. The predicted octanol–water partition coefficient (Wildman–Crippen LogP) is 22.8. The van der Waals surface area contributed by atoms with Gasteiger partial charge in [-0.15, -0.1) is 0 Å². The van der Waals surface area contributed by atoms with Gasteiger partial charge in [0.25, 0.3) is 0 Å². The summed E-state index contributed by atoms with van der Waals surface area (Å²) in [6.07, 6.45) is 0. The van der Waals surface area contributed by atoms with Gasteiger partial charge < -0.3 is 18.8 Å². The second-order valence-electron chi connectivity index (χ2n) is 33.0. The van der Waals surface area contributed by atoms with Crippen molar-refractivity contribution < 1.29 is 11.6 Å². The van der Waals surface area contributed by atoms with Crippen molar-refractivity contribution in [3.8, 4) is 45.1 Å². The monoisotopic (exact) mass is 1280 g/mol. The van der Waals surface area contributed by atoms with Gasteiger partial charge in [0.15, 0.2) is 0 Å². The van der Waals surface area contributed by atoms with Crippen LogP contribution in [0.2, 0.25) is 0 Å². The number of rotatable bonds is 5. The Balaban J connectivity index is 1.08. The number of hydrogen-bond donors (Lipinski definition) is 0. The van der Waals surface area contributed by atoms with Gasteiger partial charge in [0.1, 0.15) is 11.5 Å².